The zero-order chi connectivity index (χ0) is 32.8. The van der Waals surface area contributed by atoms with Crippen LogP contribution in [0, 0.1) is 11.3 Å². The maximum atomic E-state index is 14.1. The number of benzene rings is 3. The number of sulfonamides is 1. The third kappa shape index (κ3) is 10.1. The Bertz CT molecular complexity index is 1550. The van der Waals surface area contributed by atoms with Crippen LogP contribution in [-0.2, 0) is 26.0 Å². The Morgan fingerprint density at radius 2 is 1.58 bits per heavy atom. The van der Waals surface area contributed by atoms with E-state index in [9.17, 15) is 23.1 Å². The molecule has 9 nitrogen and oxygen atoms in total. The molecule has 0 bridgehead atoms. The fraction of sp³-hybridized carbons (Fsp3) is 0.486. The van der Waals surface area contributed by atoms with Crippen LogP contribution in [0.25, 0.3) is 10.8 Å². The number of hydrazine groups is 1. The Morgan fingerprint density at radius 3 is 2.20 bits per heavy atom. The van der Waals surface area contributed by atoms with Gasteiger partial charge in [0.05, 0.1) is 23.6 Å². The first kappa shape index (κ1) is 34.6. The Labute approximate surface area is 268 Å². The number of rotatable bonds is 14. The van der Waals surface area contributed by atoms with Crippen LogP contribution in [0.1, 0.15) is 59.4 Å². The number of aliphatic hydroxyl groups excluding tert-OH is 1. The molecule has 244 valence electrons. The standard InChI is InChI=1S/C35H48N4O5S/c1-25(2)23-38(45(43,44)30-18-15-27-13-9-10-14-28(27)20-30)24-32(40)31(19-26-11-7-6-8-12-26)39(34(42)21-35(3,4)5)37-33(41)22-36-29-16-17-29/h6-15,18,20,25,29,31-32,36,40H,16-17,19,21-24H2,1-5H3,(H,37,41)/t31?,32-/m1/s1. The van der Waals surface area contributed by atoms with Gasteiger partial charge >= 0.3 is 0 Å². The Morgan fingerprint density at radius 1 is 0.933 bits per heavy atom. The average molecular weight is 637 g/mol. The minimum Gasteiger partial charge on any atom is -0.390 e. The fourth-order valence-corrected chi connectivity index (χ4v) is 6.97. The largest absolute Gasteiger partial charge is 0.390 e. The second kappa shape index (κ2) is 14.9. The van der Waals surface area contributed by atoms with Crippen LogP contribution in [0.15, 0.2) is 77.7 Å². The van der Waals surface area contributed by atoms with Crippen molar-refractivity contribution in [2.75, 3.05) is 19.6 Å². The van der Waals surface area contributed by atoms with E-state index in [0.29, 0.717) is 6.04 Å². The van der Waals surface area contributed by atoms with Crippen LogP contribution < -0.4 is 10.7 Å². The molecule has 1 aliphatic carbocycles. The summed E-state index contributed by atoms with van der Waals surface area (Å²) in [5.74, 6) is -0.779. The van der Waals surface area contributed by atoms with Crippen LogP contribution in [0.5, 0.6) is 0 Å². The molecular weight excluding hydrogens is 588 g/mol. The average Bonchev–Trinajstić information content (AvgIpc) is 3.81. The zero-order valence-corrected chi connectivity index (χ0v) is 27.9. The molecule has 1 saturated carbocycles. The molecule has 0 heterocycles. The van der Waals surface area contributed by atoms with Crippen LogP contribution >= 0.6 is 0 Å². The van der Waals surface area contributed by atoms with E-state index in [2.05, 4.69) is 10.7 Å². The molecule has 1 aliphatic rings. The minimum atomic E-state index is -4.03. The molecule has 0 spiro atoms. The number of hydrogen-bond donors (Lipinski definition) is 3. The van der Waals surface area contributed by atoms with Crippen LogP contribution in [-0.4, -0.2) is 72.5 Å². The van der Waals surface area contributed by atoms with E-state index >= 15 is 0 Å². The van der Waals surface area contributed by atoms with E-state index in [-0.39, 0.29) is 49.2 Å². The van der Waals surface area contributed by atoms with Gasteiger partial charge in [-0.2, -0.15) is 4.31 Å². The number of nitrogens with one attached hydrogen (secondary N) is 2. The summed E-state index contributed by atoms with van der Waals surface area (Å²) in [6.45, 7) is 9.58. The van der Waals surface area contributed by atoms with Gasteiger partial charge in [0.2, 0.25) is 15.9 Å². The highest BCUT2D eigenvalue weighted by atomic mass is 32.2. The third-order valence-electron chi connectivity index (χ3n) is 7.71. The quantitative estimate of drug-likeness (QED) is 0.224. The first-order valence-electron chi connectivity index (χ1n) is 15.8. The van der Waals surface area contributed by atoms with Crippen molar-refractivity contribution in [3.05, 3.63) is 78.4 Å². The first-order valence-corrected chi connectivity index (χ1v) is 17.2. The van der Waals surface area contributed by atoms with Crippen LogP contribution in [0.2, 0.25) is 0 Å². The summed E-state index contributed by atoms with van der Waals surface area (Å²) in [5.41, 5.74) is 3.23. The molecular formula is C35H48N4O5S. The molecule has 0 aromatic heterocycles. The molecule has 0 radical (unpaired) electrons. The monoisotopic (exact) mass is 636 g/mol. The minimum absolute atomic E-state index is 0.0353. The maximum Gasteiger partial charge on any atom is 0.252 e. The van der Waals surface area contributed by atoms with Gasteiger partial charge in [0.25, 0.3) is 5.91 Å². The highest BCUT2D eigenvalue weighted by Gasteiger charge is 2.37. The predicted molar refractivity (Wildman–Crippen MR) is 178 cm³/mol. The number of carbonyl (C=O) groups is 2. The second-order valence-electron chi connectivity index (χ2n) is 13.7. The van der Waals surface area contributed by atoms with Crippen molar-refractivity contribution in [2.45, 2.75) is 83.4 Å². The van der Waals surface area contributed by atoms with Crippen LogP contribution in [0.3, 0.4) is 0 Å². The highest BCUT2D eigenvalue weighted by molar-refractivity contribution is 7.89. The zero-order valence-electron chi connectivity index (χ0n) is 27.1. The molecule has 2 amide bonds. The van der Waals surface area contributed by atoms with Gasteiger partial charge < -0.3 is 10.4 Å². The summed E-state index contributed by atoms with van der Waals surface area (Å²) in [6.07, 6.45) is 1.02. The van der Waals surface area contributed by atoms with Gasteiger partial charge in [-0.25, -0.2) is 13.4 Å². The molecule has 1 fully saturated rings. The second-order valence-corrected chi connectivity index (χ2v) is 15.7. The normalized spacial score (nSPS) is 15.3. The van der Waals surface area contributed by atoms with Gasteiger partial charge in [0, 0.05) is 25.6 Å². The highest BCUT2D eigenvalue weighted by Crippen LogP contribution is 2.26. The van der Waals surface area contributed by atoms with E-state index in [0.717, 1.165) is 29.2 Å². The van der Waals surface area contributed by atoms with Crippen molar-refractivity contribution in [1.29, 1.82) is 0 Å². The molecule has 3 aromatic carbocycles. The third-order valence-corrected chi connectivity index (χ3v) is 9.53. The number of amides is 2. The molecule has 45 heavy (non-hydrogen) atoms. The lowest BCUT2D eigenvalue weighted by molar-refractivity contribution is -0.149. The van der Waals surface area contributed by atoms with E-state index in [1.54, 1.807) is 18.2 Å². The van der Waals surface area contributed by atoms with Crippen molar-refractivity contribution >= 4 is 32.6 Å². The van der Waals surface area contributed by atoms with Crippen molar-refractivity contribution in [1.82, 2.24) is 20.1 Å². The van der Waals surface area contributed by atoms with Crippen LogP contribution in [0.4, 0.5) is 0 Å². The fourth-order valence-electron chi connectivity index (χ4n) is 5.31. The van der Waals surface area contributed by atoms with Gasteiger partial charge in [-0.05, 0) is 59.1 Å². The maximum absolute atomic E-state index is 14.1. The molecule has 10 heteroatoms. The molecule has 2 atom stereocenters. The van der Waals surface area contributed by atoms with Gasteiger partial charge in [0.15, 0.2) is 0 Å². The summed E-state index contributed by atoms with van der Waals surface area (Å²) in [4.78, 5) is 27.1. The summed E-state index contributed by atoms with van der Waals surface area (Å²) in [7, 11) is -4.03. The molecule has 3 aromatic rings. The van der Waals surface area contributed by atoms with Crippen molar-refractivity contribution < 1.29 is 23.1 Å². The van der Waals surface area contributed by atoms with Gasteiger partial charge in [-0.3, -0.25) is 15.0 Å². The van der Waals surface area contributed by atoms with E-state index in [4.69, 9.17) is 0 Å². The molecule has 3 N–H and O–H groups in total. The number of nitrogens with zero attached hydrogens (tertiary/aromatic N) is 2. The van der Waals surface area contributed by atoms with Gasteiger partial charge in [0.1, 0.15) is 0 Å². The molecule has 4 rings (SSSR count). The topological polar surface area (TPSA) is 119 Å². The van der Waals surface area contributed by atoms with Gasteiger partial charge in [-0.1, -0.05) is 95.3 Å². The molecule has 1 unspecified atom stereocenters. The number of hydrogen-bond acceptors (Lipinski definition) is 6. The lowest BCUT2D eigenvalue weighted by atomic mass is 9.91. The smallest absolute Gasteiger partial charge is 0.252 e. The van der Waals surface area contributed by atoms with E-state index in [1.165, 1.54) is 9.31 Å². The Balaban J connectivity index is 1.68. The molecule has 0 aliphatic heterocycles. The SMILES string of the molecule is CC(C)CN(C[C@@H](O)C(Cc1ccccc1)N(NC(=O)CNC1CC1)C(=O)CC(C)(C)C)S(=O)(=O)c1ccc2ccccc2c1. The summed E-state index contributed by atoms with van der Waals surface area (Å²) in [5, 5.41) is 18.1. The van der Waals surface area contributed by atoms with E-state index < -0.39 is 33.5 Å². The number of carbonyl (C=O) groups excluding carboxylic acids is 2. The summed E-state index contributed by atoms with van der Waals surface area (Å²) in [6, 6.07) is 21.3. The van der Waals surface area contributed by atoms with Crippen molar-refractivity contribution in [2.24, 2.45) is 11.3 Å². The lowest BCUT2D eigenvalue weighted by Gasteiger charge is -2.38. The van der Waals surface area contributed by atoms with Crippen molar-refractivity contribution in [3.8, 4) is 0 Å². The lowest BCUT2D eigenvalue weighted by Crippen LogP contribution is -2.60. The molecule has 0 saturated heterocycles. The number of aliphatic hydroxyl groups is 1. The Hall–Kier alpha value is -3.31. The Kier molecular flexibility index (Phi) is 11.4. The summed E-state index contributed by atoms with van der Waals surface area (Å²) < 4.78 is 29.5. The van der Waals surface area contributed by atoms with Crippen molar-refractivity contribution in [3.63, 3.8) is 0 Å². The summed E-state index contributed by atoms with van der Waals surface area (Å²) >= 11 is 0. The van der Waals surface area contributed by atoms with E-state index in [1.807, 2.05) is 89.2 Å². The number of fused-ring (bicyclic) bond motifs is 1. The van der Waals surface area contributed by atoms with Gasteiger partial charge in [-0.15, -0.1) is 0 Å². The predicted octanol–water partition coefficient (Wildman–Crippen LogP) is 4.51. The first-order chi connectivity index (χ1) is 21.2.